The van der Waals surface area contributed by atoms with E-state index in [0.717, 1.165) is 0 Å². The van der Waals surface area contributed by atoms with Gasteiger partial charge in [0.1, 0.15) is 6.61 Å². The summed E-state index contributed by atoms with van der Waals surface area (Å²) >= 11 is 0. The van der Waals surface area contributed by atoms with Crippen LogP contribution in [-0.4, -0.2) is 37.3 Å². The fourth-order valence-electron chi connectivity index (χ4n) is 1.73. The predicted octanol–water partition coefficient (Wildman–Crippen LogP) is 2.15. The number of nitro groups is 1. The number of nitro benzene ring substituents is 1. The molecule has 0 radical (unpaired) electrons. The highest BCUT2D eigenvalue weighted by atomic mass is 16.6. The maximum absolute atomic E-state index is 11.6. The molecule has 0 heterocycles. The third kappa shape index (κ3) is 5.88. The summed E-state index contributed by atoms with van der Waals surface area (Å²) in [7, 11) is 0. The van der Waals surface area contributed by atoms with E-state index in [1.165, 1.54) is 6.07 Å². The number of ether oxygens (including phenoxy) is 2. The molecular formula is C14H20N2O5. The molecule has 0 aromatic heterocycles. The minimum Gasteiger partial charge on any atom is -0.379 e. The van der Waals surface area contributed by atoms with Gasteiger partial charge in [0.05, 0.1) is 18.1 Å². The molecule has 0 fully saturated rings. The number of carbonyl (C=O) groups excluding carboxylic acids is 1. The van der Waals surface area contributed by atoms with Crippen LogP contribution >= 0.6 is 0 Å². The summed E-state index contributed by atoms with van der Waals surface area (Å²) in [5.74, 6) is -0.356. The smallest absolute Gasteiger partial charge is 0.274 e. The highest BCUT2D eigenvalue weighted by Crippen LogP contribution is 2.23. The van der Waals surface area contributed by atoms with Gasteiger partial charge in [0, 0.05) is 23.9 Å². The summed E-state index contributed by atoms with van der Waals surface area (Å²) in [6.45, 7) is 4.96. The molecule has 0 spiro atoms. The van der Waals surface area contributed by atoms with Crippen molar-refractivity contribution in [2.45, 2.75) is 20.3 Å². The van der Waals surface area contributed by atoms with Gasteiger partial charge in [0.2, 0.25) is 5.91 Å². The molecule has 0 aliphatic carbocycles. The van der Waals surface area contributed by atoms with E-state index < -0.39 is 4.92 Å². The van der Waals surface area contributed by atoms with Crippen LogP contribution < -0.4 is 5.32 Å². The van der Waals surface area contributed by atoms with Gasteiger partial charge < -0.3 is 14.8 Å². The van der Waals surface area contributed by atoms with Crippen molar-refractivity contribution < 1.29 is 19.2 Å². The standard InChI is InChI=1S/C14H20N2O5/c1-3-11-5-6-12(9-13(11)16(18)19)15-14(17)10-21-8-7-20-4-2/h5-6,9H,3-4,7-8,10H2,1-2H3,(H,15,17). The largest absolute Gasteiger partial charge is 0.379 e. The average molecular weight is 296 g/mol. The Morgan fingerprint density at radius 2 is 2.00 bits per heavy atom. The molecule has 0 unspecified atom stereocenters. The Hall–Kier alpha value is -1.99. The number of aryl methyl sites for hydroxylation is 1. The van der Waals surface area contributed by atoms with Crippen molar-refractivity contribution in [1.29, 1.82) is 0 Å². The van der Waals surface area contributed by atoms with Crippen LogP contribution in [-0.2, 0) is 20.7 Å². The summed E-state index contributed by atoms with van der Waals surface area (Å²) in [4.78, 5) is 22.1. The molecule has 1 amide bonds. The van der Waals surface area contributed by atoms with Crippen molar-refractivity contribution in [3.8, 4) is 0 Å². The zero-order valence-corrected chi connectivity index (χ0v) is 12.3. The van der Waals surface area contributed by atoms with Gasteiger partial charge in [-0.3, -0.25) is 14.9 Å². The molecule has 0 atom stereocenters. The van der Waals surface area contributed by atoms with E-state index >= 15 is 0 Å². The second kappa shape index (κ2) is 9.04. The van der Waals surface area contributed by atoms with Gasteiger partial charge in [-0.25, -0.2) is 0 Å². The number of benzene rings is 1. The summed E-state index contributed by atoms with van der Waals surface area (Å²) in [6.07, 6.45) is 0.561. The minimum atomic E-state index is -0.451. The lowest BCUT2D eigenvalue weighted by molar-refractivity contribution is -0.385. The highest BCUT2D eigenvalue weighted by molar-refractivity contribution is 5.92. The molecule has 0 bridgehead atoms. The Kier molecular flexibility index (Phi) is 7.34. The van der Waals surface area contributed by atoms with Crippen LogP contribution in [0.3, 0.4) is 0 Å². The Morgan fingerprint density at radius 3 is 2.62 bits per heavy atom. The number of anilines is 1. The molecular weight excluding hydrogens is 276 g/mol. The van der Waals surface area contributed by atoms with Crippen molar-refractivity contribution in [2.24, 2.45) is 0 Å². The molecule has 116 valence electrons. The quantitative estimate of drug-likeness (QED) is 0.428. The van der Waals surface area contributed by atoms with Crippen LogP contribution in [0.1, 0.15) is 19.4 Å². The molecule has 1 N–H and O–H groups in total. The Balaban J connectivity index is 2.52. The first-order chi connectivity index (χ1) is 10.1. The maximum Gasteiger partial charge on any atom is 0.274 e. The number of rotatable bonds is 9. The number of hydrogen-bond acceptors (Lipinski definition) is 5. The van der Waals surface area contributed by atoms with Crippen LogP contribution in [0.15, 0.2) is 18.2 Å². The Morgan fingerprint density at radius 1 is 1.29 bits per heavy atom. The topological polar surface area (TPSA) is 90.7 Å². The molecule has 0 saturated heterocycles. The van der Waals surface area contributed by atoms with E-state index in [1.54, 1.807) is 12.1 Å². The van der Waals surface area contributed by atoms with E-state index in [1.807, 2.05) is 13.8 Å². The van der Waals surface area contributed by atoms with Crippen molar-refractivity contribution in [2.75, 3.05) is 31.7 Å². The van der Waals surface area contributed by atoms with Gasteiger partial charge in [0.15, 0.2) is 0 Å². The first-order valence-electron chi connectivity index (χ1n) is 6.81. The minimum absolute atomic E-state index is 0.00700. The van der Waals surface area contributed by atoms with Crippen LogP contribution in [0.4, 0.5) is 11.4 Å². The molecule has 1 rings (SSSR count). The molecule has 21 heavy (non-hydrogen) atoms. The first kappa shape index (κ1) is 17.1. The molecule has 7 heteroatoms. The van der Waals surface area contributed by atoms with Gasteiger partial charge in [-0.2, -0.15) is 0 Å². The van der Waals surface area contributed by atoms with Gasteiger partial charge in [-0.15, -0.1) is 0 Å². The monoisotopic (exact) mass is 296 g/mol. The zero-order chi connectivity index (χ0) is 15.7. The zero-order valence-electron chi connectivity index (χ0n) is 12.3. The summed E-state index contributed by atoms with van der Waals surface area (Å²) < 4.78 is 10.2. The highest BCUT2D eigenvalue weighted by Gasteiger charge is 2.14. The van der Waals surface area contributed by atoms with Crippen molar-refractivity contribution in [3.05, 3.63) is 33.9 Å². The van der Waals surface area contributed by atoms with Crippen LogP contribution in [0.5, 0.6) is 0 Å². The SMILES string of the molecule is CCOCCOCC(=O)Nc1ccc(CC)c([N+](=O)[O-])c1. The normalized spacial score (nSPS) is 10.4. The molecule has 7 nitrogen and oxygen atoms in total. The number of nitrogens with one attached hydrogen (secondary N) is 1. The molecule has 1 aromatic rings. The summed E-state index contributed by atoms with van der Waals surface area (Å²) in [6, 6.07) is 4.64. The third-order valence-corrected chi connectivity index (χ3v) is 2.76. The predicted molar refractivity (Wildman–Crippen MR) is 78.4 cm³/mol. The lowest BCUT2D eigenvalue weighted by Gasteiger charge is -2.07. The van der Waals surface area contributed by atoms with E-state index in [-0.39, 0.29) is 18.2 Å². The van der Waals surface area contributed by atoms with E-state index in [9.17, 15) is 14.9 Å². The fourth-order valence-corrected chi connectivity index (χ4v) is 1.73. The van der Waals surface area contributed by atoms with Crippen LogP contribution in [0, 0.1) is 10.1 Å². The number of carbonyl (C=O) groups is 1. The van der Waals surface area contributed by atoms with E-state index in [0.29, 0.717) is 37.5 Å². The lowest BCUT2D eigenvalue weighted by Crippen LogP contribution is -2.19. The second-order valence-electron chi connectivity index (χ2n) is 4.25. The first-order valence-corrected chi connectivity index (χ1v) is 6.81. The molecule has 1 aromatic carbocycles. The maximum atomic E-state index is 11.6. The Labute approximate surface area is 123 Å². The number of hydrogen-bond donors (Lipinski definition) is 1. The van der Waals surface area contributed by atoms with Crippen molar-refractivity contribution in [1.82, 2.24) is 0 Å². The van der Waals surface area contributed by atoms with Crippen molar-refractivity contribution >= 4 is 17.3 Å². The Bertz CT molecular complexity index is 490. The number of nitrogens with zero attached hydrogens (tertiary/aromatic N) is 1. The van der Waals surface area contributed by atoms with Crippen molar-refractivity contribution in [3.63, 3.8) is 0 Å². The molecule has 0 aliphatic heterocycles. The summed E-state index contributed by atoms with van der Waals surface area (Å²) in [5.41, 5.74) is 1.02. The second-order valence-corrected chi connectivity index (χ2v) is 4.25. The van der Waals surface area contributed by atoms with Gasteiger partial charge in [0.25, 0.3) is 5.69 Å². The summed E-state index contributed by atoms with van der Waals surface area (Å²) in [5, 5.41) is 13.5. The lowest BCUT2D eigenvalue weighted by atomic mass is 10.1. The molecule has 0 saturated carbocycles. The van der Waals surface area contributed by atoms with Gasteiger partial charge in [-0.05, 0) is 19.4 Å². The number of amides is 1. The molecule has 0 aliphatic rings. The van der Waals surface area contributed by atoms with Gasteiger partial charge >= 0.3 is 0 Å². The van der Waals surface area contributed by atoms with Crippen LogP contribution in [0.25, 0.3) is 0 Å². The fraction of sp³-hybridized carbons (Fsp3) is 0.500. The van der Waals surface area contributed by atoms with Gasteiger partial charge in [-0.1, -0.05) is 13.0 Å². The third-order valence-electron chi connectivity index (χ3n) is 2.76. The van der Waals surface area contributed by atoms with E-state index in [4.69, 9.17) is 9.47 Å². The van der Waals surface area contributed by atoms with Crippen LogP contribution in [0.2, 0.25) is 0 Å². The van der Waals surface area contributed by atoms with E-state index in [2.05, 4.69) is 5.32 Å². The average Bonchev–Trinajstić information content (AvgIpc) is 2.47.